The largest absolute Gasteiger partial charge is 0.497 e. The minimum atomic E-state index is -1.82. The molecular weight excluding hydrogens is 582 g/mol. The van der Waals surface area contributed by atoms with E-state index in [2.05, 4.69) is 47.5 Å². The lowest BCUT2D eigenvalue weighted by Crippen LogP contribution is -2.25. The summed E-state index contributed by atoms with van der Waals surface area (Å²) in [5.41, 5.74) is 1.82. The Morgan fingerprint density at radius 1 is 0.804 bits per heavy atom. The second-order valence-electron chi connectivity index (χ2n) is 11.7. The molecule has 0 aliphatic heterocycles. The van der Waals surface area contributed by atoms with Gasteiger partial charge >= 0.3 is 11.9 Å². The highest BCUT2D eigenvalue weighted by molar-refractivity contribution is 6.27. The predicted octanol–water partition coefficient (Wildman–Crippen LogP) is 9.19. The number of azo groups is 1. The second kappa shape index (κ2) is 24.3. The number of carboxylic acid groups (broad SMARTS) is 2. The summed E-state index contributed by atoms with van der Waals surface area (Å²) < 4.78 is 10.9. The van der Waals surface area contributed by atoms with Gasteiger partial charge in [-0.15, -0.1) is 0 Å². The van der Waals surface area contributed by atoms with Gasteiger partial charge in [-0.25, -0.2) is 9.59 Å². The van der Waals surface area contributed by atoms with E-state index in [1.54, 1.807) is 21.3 Å². The molecule has 2 N–H and O–H groups in total. The van der Waals surface area contributed by atoms with Crippen molar-refractivity contribution in [3.63, 3.8) is 0 Å². The fourth-order valence-electron chi connectivity index (χ4n) is 5.65. The van der Waals surface area contributed by atoms with Crippen LogP contribution in [0.2, 0.25) is 0 Å². The van der Waals surface area contributed by atoms with Crippen LogP contribution in [0.3, 0.4) is 0 Å². The zero-order valence-electron chi connectivity index (χ0n) is 28.4. The van der Waals surface area contributed by atoms with Crippen molar-refractivity contribution in [3.8, 4) is 17.6 Å². The van der Waals surface area contributed by atoms with E-state index >= 15 is 0 Å². The molecule has 0 aliphatic rings. The van der Waals surface area contributed by atoms with Gasteiger partial charge in [0, 0.05) is 7.05 Å². The third-order valence-corrected chi connectivity index (χ3v) is 8.30. The number of hydrogen-bond donors (Lipinski definition) is 2. The molecule has 9 heteroatoms. The number of aliphatic carboxylic acids is 2. The zero-order valence-corrected chi connectivity index (χ0v) is 28.4. The lowest BCUT2D eigenvalue weighted by atomic mass is 9.73. The van der Waals surface area contributed by atoms with E-state index in [4.69, 9.17) is 29.3 Å². The van der Waals surface area contributed by atoms with E-state index < -0.39 is 17.4 Å². The van der Waals surface area contributed by atoms with Crippen LogP contribution in [0.25, 0.3) is 0 Å². The van der Waals surface area contributed by atoms with Crippen LogP contribution in [0, 0.1) is 11.3 Å². The van der Waals surface area contributed by atoms with E-state index in [1.165, 1.54) is 63.4 Å². The third-order valence-electron chi connectivity index (χ3n) is 8.30. The van der Waals surface area contributed by atoms with Gasteiger partial charge in [0.15, 0.2) is 0 Å². The van der Waals surface area contributed by atoms with Crippen LogP contribution >= 0.6 is 0 Å². The summed E-state index contributed by atoms with van der Waals surface area (Å²) in [6, 6.07) is 19.3. The van der Waals surface area contributed by atoms with Crippen molar-refractivity contribution < 1.29 is 29.3 Å². The van der Waals surface area contributed by atoms with Gasteiger partial charge in [-0.05, 0) is 73.9 Å². The Balaban J connectivity index is 0.00000160. The van der Waals surface area contributed by atoms with Crippen molar-refractivity contribution in [2.24, 2.45) is 10.2 Å². The summed E-state index contributed by atoms with van der Waals surface area (Å²) in [5, 5.41) is 34.0. The Labute approximate surface area is 276 Å². The van der Waals surface area contributed by atoms with Gasteiger partial charge in [0.05, 0.1) is 31.7 Å². The van der Waals surface area contributed by atoms with Gasteiger partial charge in [0.2, 0.25) is 0 Å². The van der Waals surface area contributed by atoms with Gasteiger partial charge in [-0.1, -0.05) is 95.4 Å². The fraction of sp³-hybridized carbons (Fsp3) is 0.595. The fourth-order valence-corrected chi connectivity index (χ4v) is 5.65. The van der Waals surface area contributed by atoms with Gasteiger partial charge in [-0.2, -0.15) is 15.5 Å². The second-order valence-corrected chi connectivity index (χ2v) is 11.7. The summed E-state index contributed by atoms with van der Waals surface area (Å²) in [6.45, 7) is 2.27. The number of nitriles is 1. The summed E-state index contributed by atoms with van der Waals surface area (Å²) in [7, 11) is 5.14. The number of hydrogen-bond acceptors (Lipinski definition) is 7. The van der Waals surface area contributed by atoms with E-state index in [0.29, 0.717) is 0 Å². The molecule has 254 valence electrons. The third kappa shape index (κ3) is 16.4. The van der Waals surface area contributed by atoms with E-state index in [1.807, 2.05) is 24.3 Å². The van der Waals surface area contributed by atoms with Crippen molar-refractivity contribution >= 4 is 11.9 Å². The maximum atomic E-state index is 10.6. The summed E-state index contributed by atoms with van der Waals surface area (Å²) >= 11 is 0. The molecule has 0 bridgehead atoms. The molecule has 2 aromatic rings. The average Bonchev–Trinajstić information content (AvgIpc) is 3.07. The van der Waals surface area contributed by atoms with Crippen LogP contribution in [0.1, 0.15) is 114 Å². The van der Waals surface area contributed by atoms with Crippen molar-refractivity contribution in [2.45, 2.75) is 121 Å². The first-order chi connectivity index (χ1) is 22.2. The molecule has 2 aromatic carbocycles. The molecule has 0 aliphatic carbocycles. The Morgan fingerprint density at radius 3 is 1.89 bits per heavy atom. The standard InChI is InChI=1S/C35H53N3O2.C2H2O4/c1-5-6-7-8-9-10-11-12-13-14-25-35(29-36,31-19-16-22-34(28-31)40-4)26-17-20-32(38-37-2)24-23-30-18-15-21-33(27-30)39-3;3-1(4)2(5)6/h15-16,18-19,21-22,27-28,32H,5-14,17,20,23-26H2,1-4H3;(H,3,4)(H,5,6). The normalized spacial score (nSPS) is 12.8. The number of nitrogens with zero attached hydrogens (tertiary/aromatic N) is 3. The molecule has 0 saturated heterocycles. The smallest absolute Gasteiger partial charge is 0.414 e. The molecule has 0 radical (unpaired) electrons. The highest BCUT2D eigenvalue weighted by Gasteiger charge is 2.32. The summed E-state index contributed by atoms with van der Waals surface area (Å²) in [4.78, 5) is 18.2. The number of rotatable bonds is 22. The Bertz CT molecular complexity index is 1200. The van der Waals surface area contributed by atoms with Crippen LogP contribution in [-0.4, -0.2) is 49.5 Å². The molecule has 2 atom stereocenters. The Morgan fingerprint density at radius 2 is 1.35 bits per heavy atom. The average molecular weight is 638 g/mol. The minimum absolute atomic E-state index is 0.148. The van der Waals surface area contributed by atoms with Crippen LogP contribution < -0.4 is 9.47 Å². The van der Waals surface area contributed by atoms with Crippen LogP contribution in [0.15, 0.2) is 58.8 Å². The molecule has 46 heavy (non-hydrogen) atoms. The molecule has 9 nitrogen and oxygen atoms in total. The van der Waals surface area contributed by atoms with Gasteiger partial charge < -0.3 is 19.7 Å². The highest BCUT2D eigenvalue weighted by Crippen LogP contribution is 2.37. The molecule has 2 unspecified atom stereocenters. The lowest BCUT2D eigenvalue weighted by Gasteiger charge is -2.28. The number of carbonyl (C=O) groups is 2. The topological polar surface area (TPSA) is 142 Å². The molecule has 0 saturated carbocycles. The van der Waals surface area contributed by atoms with E-state index in [-0.39, 0.29) is 6.04 Å². The van der Waals surface area contributed by atoms with Crippen LogP contribution in [0.5, 0.6) is 11.5 Å². The molecule has 0 fully saturated rings. The number of ether oxygens (including phenoxy) is 2. The molecule has 2 rings (SSSR count). The minimum Gasteiger partial charge on any atom is -0.497 e. The van der Waals surface area contributed by atoms with Gasteiger partial charge in [0.1, 0.15) is 11.5 Å². The Kier molecular flexibility index (Phi) is 21.2. The van der Waals surface area contributed by atoms with Gasteiger partial charge in [-0.3, -0.25) is 0 Å². The number of methoxy groups -OCH3 is 2. The van der Waals surface area contributed by atoms with Crippen molar-refractivity contribution in [1.82, 2.24) is 0 Å². The van der Waals surface area contributed by atoms with Crippen molar-refractivity contribution in [1.29, 1.82) is 5.26 Å². The number of carboxylic acids is 2. The molecule has 0 aromatic heterocycles. The maximum Gasteiger partial charge on any atom is 0.414 e. The zero-order chi connectivity index (χ0) is 34.0. The van der Waals surface area contributed by atoms with Crippen molar-refractivity contribution in [2.75, 3.05) is 21.3 Å². The lowest BCUT2D eigenvalue weighted by molar-refractivity contribution is -0.159. The highest BCUT2D eigenvalue weighted by atomic mass is 16.5. The first-order valence-corrected chi connectivity index (χ1v) is 16.7. The van der Waals surface area contributed by atoms with Gasteiger partial charge in [0.25, 0.3) is 0 Å². The monoisotopic (exact) mass is 637 g/mol. The number of aryl methyl sites for hydroxylation is 1. The first kappa shape index (κ1) is 40.1. The van der Waals surface area contributed by atoms with Crippen molar-refractivity contribution in [3.05, 3.63) is 59.7 Å². The first-order valence-electron chi connectivity index (χ1n) is 16.7. The molecular formula is C37H55N3O6. The van der Waals surface area contributed by atoms with Crippen LogP contribution in [0.4, 0.5) is 0 Å². The van der Waals surface area contributed by atoms with Crippen LogP contribution in [-0.2, 0) is 21.4 Å². The summed E-state index contributed by atoms with van der Waals surface area (Å²) in [5.74, 6) is -1.95. The maximum absolute atomic E-state index is 10.6. The predicted molar refractivity (Wildman–Crippen MR) is 182 cm³/mol. The summed E-state index contributed by atoms with van der Waals surface area (Å²) in [6.07, 6.45) is 18.4. The number of benzene rings is 2. The quantitative estimate of drug-likeness (QED) is 0.0744. The number of unbranched alkanes of at least 4 members (excludes halogenated alkanes) is 9. The molecule has 0 amide bonds. The van der Waals surface area contributed by atoms with E-state index in [0.717, 1.165) is 62.0 Å². The SMILES string of the molecule is CCCCCCCCCCCCC(C#N)(CCCC(CCc1cccc(OC)c1)N=NC)c1cccc(OC)c1.O=C(O)C(=O)O. The van der Waals surface area contributed by atoms with E-state index in [9.17, 15) is 5.26 Å². The molecule has 0 heterocycles. The molecule has 0 spiro atoms. The Hall–Kier alpha value is -3.93.